The molecule has 0 aliphatic carbocycles. The molecule has 21 heavy (non-hydrogen) atoms. The molecule has 0 radical (unpaired) electrons. The zero-order valence-electron chi connectivity index (χ0n) is 10.9. The van der Waals surface area contributed by atoms with E-state index in [-0.39, 0.29) is 5.56 Å². The second-order valence-electron chi connectivity index (χ2n) is 4.33. The van der Waals surface area contributed by atoms with Crippen LogP contribution in [0.15, 0.2) is 46.9 Å². The molecule has 0 bridgehead atoms. The molecule has 0 N–H and O–H groups in total. The number of methoxy groups -OCH3 is 1. The fourth-order valence-electron chi connectivity index (χ4n) is 2.05. The molecule has 112 valence electrons. The topological polar surface area (TPSA) is 9.23 Å². The summed E-state index contributed by atoms with van der Waals surface area (Å²) in [7, 11) is 1.49. The number of hydrogen-bond acceptors (Lipinski definition) is 1. The van der Waals surface area contributed by atoms with Gasteiger partial charge in [0, 0.05) is 10.0 Å². The van der Waals surface area contributed by atoms with Gasteiger partial charge in [-0.1, -0.05) is 50.1 Å². The molecule has 1 atom stereocenters. The fourth-order valence-corrected chi connectivity index (χ4v) is 3.18. The van der Waals surface area contributed by atoms with Crippen LogP contribution in [0.1, 0.15) is 21.5 Å². The summed E-state index contributed by atoms with van der Waals surface area (Å²) in [6.45, 7) is 0. The van der Waals surface area contributed by atoms with Gasteiger partial charge < -0.3 is 4.74 Å². The van der Waals surface area contributed by atoms with Crippen molar-refractivity contribution in [2.75, 3.05) is 7.11 Å². The van der Waals surface area contributed by atoms with E-state index in [0.29, 0.717) is 11.3 Å². The number of halogens is 5. The van der Waals surface area contributed by atoms with E-state index in [9.17, 15) is 13.2 Å². The van der Waals surface area contributed by atoms with E-state index in [1.54, 1.807) is 24.3 Å². The summed E-state index contributed by atoms with van der Waals surface area (Å²) in [6, 6.07) is 10.7. The average Bonchev–Trinajstić information content (AvgIpc) is 2.45. The van der Waals surface area contributed by atoms with Gasteiger partial charge in [-0.05, 0) is 29.8 Å². The van der Waals surface area contributed by atoms with Crippen LogP contribution in [-0.2, 0) is 6.18 Å². The Hall–Kier alpha value is -1.01. The van der Waals surface area contributed by atoms with Crippen LogP contribution in [-0.4, -0.2) is 7.11 Å². The van der Waals surface area contributed by atoms with Crippen LogP contribution in [0.4, 0.5) is 13.2 Å². The van der Waals surface area contributed by atoms with Crippen LogP contribution in [0, 0.1) is 0 Å². The summed E-state index contributed by atoms with van der Waals surface area (Å²) in [5, 5.41) is 0. The maximum Gasteiger partial charge on any atom is 0.416 e. The van der Waals surface area contributed by atoms with Crippen LogP contribution in [0.5, 0.6) is 5.75 Å². The number of hydrogen-bond donors (Lipinski definition) is 0. The van der Waals surface area contributed by atoms with E-state index in [2.05, 4.69) is 31.9 Å². The van der Waals surface area contributed by atoms with Gasteiger partial charge in [-0.15, -0.1) is 0 Å². The van der Waals surface area contributed by atoms with E-state index in [0.717, 1.165) is 10.5 Å². The van der Waals surface area contributed by atoms with E-state index >= 15 is 0 Å². The zero-order chi connectivity index (χ0) is 15.6. The molecule has 0 saturated carbocycles. The third-order valence-electron chi connectivity index (χ3n) is 3.00. The van der Waals surface area contributed by atoms with Gasteiger partial charge >= 0.3 is 6.18 Å². The van der Waals surface area contributed by atoms with Crippen molar-refractivity contribution < 1.29 is 17.9 Å². The van der Waals surface area contributed by atoms with Crippen molar-refractivity contribution in [3.63, 3.8) is 0 Å². The molecule has 1 nitrogen and oxygen atoms in total. The van der Waals surface area contributed by atoms with E-state index in [1.807, 2.05) is 0 Å². The van der Waals surface area contributed by atoms with Gasteiger partial charge in [-0.2, -0.15) is 13.2 Å². The van der Waals surface area contributed by atoms with Gasteiger partial charge in [-0.3, -0.25) is 0 Å². The molecule has 1 unspecified atom stereocenters. The lowest BCUT2D eigenvalue weighted by Gasteiger charge is -2.19. The molecule has 0 spiro atoms. The molecule has 2 aromatic carbocycles. The van der Waals surface area contributed by atoms with E-state index in [1.165, 1.54) is 19.2 Å². The van der Waals surface area contributed by atoms with Crippen molar-refractivity contribution in [2.45, 2.75) is 11.0 Å². The molecule has 0 heterocycles. The van der Waals surface area contributed by atoms with Crippen LogP contribution in [0.2, 0.25) is 0 Å². The van der Waals surface area contributed by atoms with E-state index in [4.69, 9.17) is 4.74 Å². The molecule has 0 fully saturated rings. The fraction of sp³-hybridized carbons (Fsp3) is 0.200. The summed E-state index contributed by atoms with van der Waals surface area (Å²) in [6.07, 6.45) is -4.40. The SMILES string of the molecule is COc1ccc(Br)cc1C(Br)c1ccccc1C(F)(F)F. The van der Waals surface area contributed by atoms with Crippen molar-refractivity contribution in [1.29, 1.82) is 0 Å². The summed E-state index contributed by atoms with van der Waals surface area (Å²) < 4.78 is 45.4. The molecule has 2 rings (SSSR count). The first kappa shape index (κ1) is 16.4. The van der Waals surface area contributed by atoms with Crippen LogP contribution in [0.3, 0.4) is 0 Å². The first-order chi connectivity index (χ1) is 9.84. The number of alkyl halides is 4. The third kappa shape index (κ3) is 3.61. The van der Waals surface area contributed by atoms with Crippen molar-refractivity contribution >= 4 is 31.9 Å². The summed E-state index contributed by atoms with van der Waals surface area (Å²) in [5.74, 6) is 0.525. The second-order valence-corrected chi connectivity index (χ2v) is 6.17. The Morgan fingerprint density at radius 3 is 2.33 bits per heavy atom. The Bertz CT molecular complexity index is 641. The van der Waals surface area contributed by atoms with Gasteiger partial charge in [0.15, 0.2) is 0 Å². The van der Waals surface area contributed by atoms with Crippen molar-refractivity contribution in [3.8, 4) is 5.75 Å². The summed E-state index contributed by atoms with van der Waals surface area (Å²) in [4.78, 5) is -0.622. The average molecular weight is 424 g/mol. The quantitative estimate of drug-likeness (QED) is 0.553. The third-order valence-corrected chi connectivity index (χ3v) is 4.48. The first-order valence-electron chi connectivity index (χ1n) is 5.98. The summed E-state index contributed by atoms with van der Waals surface area (Å²) >= 11 is 6.69. The lowest BCUT2D eigenvalue weighted by atomic mass is 9.98. The van der Waals surface area contributed by atoms with Gasteiger partial charge in [0.1, 0.15) is 5.75 Å². The Balaban J connectivity index is 2.56. The standard InChI is InChI=1S/C15H11Br2F3O/c1-21-13-7-6-9(16)8-11(13)14(17)10-4-2-3-5-12(10)15(18,19)20/h2-8,14H,1H3. The van der Waals surface area contributed by atoms with Gasteiger partial charge in [-0.25, -0.2) is 0 Å². The van der Waals surface area contributed by atoms with E-state index < -0.39 is 16.6 Å². The van der Waals surface area contributed by atoms with Crippen molar-refractivity contribution in [2.24, 2.45) is 0 Å². The zero-order valence-corrected chi connectivity index (χ0v) is 14.1. The maximum atomic E-state index is 13.1. The molecule has 0 saturated heterocycles. The second kappa shape index (κ2) is 6.40. The van der Waals surface area contributed by atoms with Crippen LogP contribution < -0.4 is 4.74 Å². The highest BCUT2D eigenvalue weighted by Gasteiger charge is 2.35. The predicted octanol–water partition coefficient (Wildman–Crippen LogP) is 5.96. The lowest BCUT2D eigenvalue weighted by molar-refractivity contribution is -0.138. The molecule has 2 aromatic rings. The highest BCUT2D eigenvalue weighted by molar-refractivity contribution is 9.10. The monoisotopic (exact) mass is 422 g/mol. The smallest absolute Gasteiger partial charge is 0.416 e. The highest BCUT2D eigenvalue weighted by atomic mass is 79.9. The van der Waals surface area contributed by atoms with Gasteiger partial charge in [0.2, 0.25) is 0 Å². The van der Waals surface area contributed by atoms with Gasteiger partial charge in [0.25, 0.3) is 0 Å². The van der Waals surface area contributed by atoms with Crippen molar-refractivity contribution in [1.82, 2.24) is 0 Å². The molecule has 0 aliphatic rings. The molecule has 0 aliphatic heterocycles. The number of benzene rings is 2. The maximum absolute atomic E-state index is 13.1. The Morgan fingerprint density at radius 1 is 1.05 bits per heavy atom. The lowest BCUT2D eigenvalue weighted by Crippen LogP contribution is -2.10. The van der Waals surface area contributed by atoms with Gasteiger partial charge in [0.05, 0.1) is 17.5 Å². The van der Waals surface area contributed by atoms with Crippen LogP contribution >= 0.6 is 31.9 Å². The molecular weight excluding hydrogens is 413 g/mol. The Morgan fingerprint density at radius 2 is 1.71 bits per heavy atom. The minimum absolute atomic E-state index is 0.154. The van der Waals surface area contributed by atoms with Crippen molar-refractivity contribution in [3.05, 3.63) is 63.6 Å². The van der Waals surface area contributed by atoms with Crippen LogP contribution in [0.25, 0.3) is 0 Å². The molecular formula is C15H11Br2F3O. The molecule has 0 aromatic heterocycles. The first-order valence-corrected chi connectivity index (χ1v) is 7.69. The largest absolute Gasteiger partial charge is 0.496 e. The molecule has 0 amide bonds. The predicted molar refractivity (Wildman–Crippen MR) is 82.9 cm³/mol. The number of rotatable bonds is 3. The highest BCUT2D eigenvalue weighted by Crippen LogP contribution is 2.43. The minimum atomic E-state index is -4.40. The molecule has 6 heteroatoms. The Labute approximate surface area is 137 Å². The normalized spacial score (nSPS) is 13.0. The summed E-state index contributed by atoms with van der Waals surface area (Å²) in [5.41, 5.74) is 0.124. The Kier molecular flexibility index (Phi) is 4.99. The number of ether oxygens (including phenoxy) is 1. The minimum Gasteiger partial charge on any atom is -0.496 e.